The largest absolute Gasteiger partial charge is 0.379 e. The summed E-state index contributed by atoms with van der Waals surface area (Å²) >= 11 is 5.08. The molecule has 0 aliphatic carbocycles. The van der Waals surface area contributed by atoms with E-state index >= 15 is 0 Å². The fraction of sp³-hybridized carbons (Fsp3) is 0.235. The smallest absolute Gasteiger partial charge is 0.274 e. The maximum Gasteiger partial charge on any atom is 0.274 e. The van der Waals surface area contributed by atoms with Gasteiger partial charge in [0.15, 0.2) is 5.17 Å². The van der Waals surface area contributed by atoms with E-state index in [0.29, 0.717) is 16.5 Å². The Morgan fingerprint density at radius 3 is 2.84 bits per heavy atom. The Morgan fingerprint density at radius 2 is 2.16 bits per heavy atom. The third kappa shape index (κ3) is 4.74. The highest BCUT2D eigenvalue weighted by atomic mass is 79.9. The Balaban J connectivity index is 0.00000225. The summed E-state index contributed by atoms with van der Waals surface area (Å²) in [6.07, 6.45) is 2.49. The van der Waals surface area contributed by atoms with E-state index in [0.717, 1.165) is 22.2 Å². The number of halogens is 2. The Bertz CT molecular complexity index is 802. The first-order chi connectivity index (χ1) is 11.5. The first-order valence-electron chi connectivity index (χ1n) is 7.48. The van der Waals surface area contributed by atoms with Crippen molar-refractivity contribution in [2.45, 2.75) is 18.9 Å². The number of pyridine rings is 1. The number of rotatable bonds is 3. The zero-order valence-corrected chi connectivity index (χ0v) is 16.7. The van der Waals surface area contributed by atoms with E-state index in [-0.39, 0.29) is 23.9 Å². The number of amidine groups is 1. The van der Waals surface area contributed by atoms with Gasteiger partial charge in [-0.05, 0) is 49.2 Å². The number of hydrogen-bond acceptors (Lipinski definition) is 5. The lowest BCUT2D eigenvalue weighted by molar-refractivity contribution is 0.102. The van der Waals surface area contributed by atoms with Crippen molar-refractivity contribution in [3.05, 3.63) is 58.3 Å². The Morgan fingerprint density at radius 1 is 1.36 bits per heavy atom. The molecule has 0 radical (unpaired) electrons. The van der Waals surface area contributed by atoms with E-state index in [1.54, 1.807) is 36.2 Å². The van der Waals surface area contributed by atoms with E-state index in [4.69, 9.17) is 5.73 Å². The van der Waals surface area contributed by atoms with Gasteiger partial charge >= 0.3 is 0 Å². The van der Waals surface area contributed by atoms with Gasteiger partial charge in [0.25, 0.3) is 5.91 Å². The summed E-state index contributed by atoms with van der Waals surface area (Å²) in [5, 5.41) is 3.49. The molecule has 0 bridgehead atoms. The second-order valence-corrected chi connectivity index (χ2v) is 7.75. The number of carbonyl (C=O) groups excluding carboxylic acids is 1. The van der Waals surface area contributed by atoms with Gasteiger partial charge in [0, 0.05) is 22.1 Å². The number of benzene rings is 1. The molecule has 5 nitrogen and oxygen atoms in total. The molecule has 1 aliphatic heterocycles. The van der Waals surface area contributed by atoms with Gasteiger partial charge in [0.05, 0.1) is 5.54 Å². The van der Waals surface area contributed by atoms with Gasteiger partial charge in [-0.3, -0.25) is 14.8 Å². The highest BCUT2D eigenvalue weighted by Crippen LogP contribution is 2.37. The molecule has 25 heavy (non-hydrogen) atoms. The summed E-state index contributed by atoms with van der Waals surface area (Å²) in [4.78, 5) is 21.0. The topological polar surface area (TPSA) is 80.4 Å². The van der Waals surface area contributed by atoms with Gasteiger partial charge in [-0.15, -0.1) is 12.4 Å². The fourth-order valence-corrected chi connectivity index (χ4v) is 4.03. The molecule has 1 aromatic heterocycles. The Kier molecular flexibility index (Phi) is 6.48. The number of carbonyl (C=O) groups is 1. The van der Waals surface area contributed by atoms with E-state index in [1.165, 1.54) is 0 Å². The Labute approximate surface area is 165 Å². The Hall–Kier alpha value is -1.57. The van der Waals surface area contributed by atoms with E-state index < -0.39 is 0 Å². The summed E-state index contributed by atoms with van der Waals surface area (Å²) in [7, 11) is 0. The third-order valence-electron chi connectivity index (χ3n) is 3.87. The van der Waals surface area contributed by atoms with Crippen molar-refractivity contribution in [1.29, 1.82) is 0 Å². The number of aliphatic imine (C=N–C) groups is 1. The number of thioether (sulfide) groups is 1. The molecule has 8 heteroatoms. The van der Waals surface area contributed by atoms with Gasteiger partial charge < -0.3 is 11.1 Å². The molecular formula is C17H18BrClN4OS. The van der Waals surface area contributed by atoms with Crippen LogP contribution in [-0.4, -0.2) is 21.8 Å². The molecule has 0 saturated heterocycles. The van der Waals surface area contributed by atoms with Crippen LogP contribution in [0.2, 0.25) is 0 Å². The van der Waals surface area contributed by atoms with Crippen LogP contribution in [0.3, 0.4) is 0 Å². The first-order valence-corrected chi connectivity index (χ1v) is 9.26. The van der Waals surface area contributed by atoms with Crippen molar-refractivity contribution in [3.63, 3.8) is 0 Å². The quantitative estimate of drug-likeness (QED) is 0.748. The van der Waals surface area contributed by atoms with Crippen molar-refractivity contribution in [2.24, 2.45) is 10.7 Å². The average Bonchev–Trinajstić information content (AvgIpc) is 2.55. The van der Waals surface area contributed by atoms with Crippen LogP contribution in [0.15, 0.2) is 52.1 Å². The molecule has 3 rings (SSSR count). The molecule has 0 fully saturated rings. The number of nitrogens with one attached hydrogen (secondary N) is 1. The average molecular weight is 442 g/mol. The SMILES string of the molecule is CC1(c2cc(Br)cc(NC(=O)c3ccccn3)c2)CCSC(N)=N1.Cl. The fourth-order valence-electron chi connectivity index (χ4n) is 2.56. The second kappa shape index (κ2) is 8.21. The van der Waals surface area contributed by atoms with E-state index in [9.17, 15) is 4.79 Å². The normalized spacial score (nSPS) is 19.5. The zero-order chi connectivity index (χ0) is 17.2. The number of amides is 1. The van der Waals surface area contributed by atoms with Crippen molar-refractivity contribution in [1.82, 2.24) is 4.98 Å². The molecule has 3 N–H and O–H groups in total. The van der Waals surface area contributed by atoms with Crippen LogP contribution in [0.5, 0.6) is 0 Å². The van der Waals surface area contributed by atoms with Crippen LogP contribution in [0, 0.1) is 0 Å². The number of hydrogen-bond donors (Lipinski definition) is 2. The molecule has 2 aromatic rings. The number of anilines is 1. The second-order valence-electron chi connectivity index (χ2n) is 5.72. The summed E-state index contributed by atoms with van der Waals surface area (Å²) in [5.41, 5.74) is 7.60. The highest BCUT2D eigenvalue weighted by Gasteiger charge is 2.30. The molecule has 1 aromatic carbocycles. The van der Waals surface area contributed by atoms with E-state index in [1.807, 2.05) is 18.2 Å². The van der Waals surface area contributed by atoms with Crippen molar-refractivity contribution in [3.8, 4) is 0 Å². The van der Waals surface area contributed by atoms with Gasteiger partial charge in [-0.25, -0.2) is 0 Å². The van der Waals surface area contributed by atoms with Crippen LogP contribution in [0.4, 0.5) is 5.69 Å². The van der Waals surface area contributed by atoms with Gasteiger partial charge in [-0.2, -0.15) is 0 Å². The highest BCUT2D eigenvalue weighted by molar-refractivity contribution is 9.10. The molecule has 0 saturated carbocycles. The standard InChI is InChI=1S/C17H17BrN4OS.ClH/c1-17(5-7-24-16(19)22-17)11-8-12(18)10-13(9-11)21-15(23)14-4-2-3-6-20-14;/h2-4,6,8-10H,5,7H2,1H3,(H2,19,22)(H,21,23);1H. The summed E-state index contributed by atoms with van der Waals surface area (Å²) in [6.45, 7) is 2.06. The van der Waals surface area contributed by atoms with Crippen LogP contribution in [0.1, 0.15) is 29.4 Å². The van der Waals surface area contributed by atoms with Crippen molar-refractivity contribution < 1.29 is 4.79 Å². The molecule has 1 atom stereocenters. The van der Waals surface area contributed by atoms with E-state index in [2.05, 4.69) is 38.1 Å². The molecule has 1 amide bonds. The molecule has 132 valence electrons. The minimum Gasteiger partial charge on any atom is -0.379 e. The summed E-state index contributed by atoms with van der Waals surface area (Å²) in [5.74, 6) is 0.681. The van der Waals surface area contributed by atoms with Crippen molar-refractivity contribution >= 4 is 56.9 Å². The minimum absolute atomic E-state index is 0. The lowest BCUT2D eigenvalue weighted by atomic mass is 9.89. The number of nitrogens with zero attached hydrogens (tertiary/aromatic N) is 2. The van der Waals surface area contributed by atoms with Gasteiger partial charge in [-0.1, -0.05) is 33.8 Å². The summed E-state index contributed by atoms with van der Waals surface area (Å²) < 4.78 is 0.879. The van der Waals surface area contributed by atoms with Gasteiger partial charge in [0.2, 0.25) is 0 Å². The predicted octanol–water partition coefficient (Wildman–Crippen LogP) is 4.19. The maximum absolute atomic E-state index is 12.3. The van der Waals surface area contributed by atoms with Crippen molar-refractivity contribution in [2.75, 3.05) is 11.1 Å². The minimum atomic E-state index is -0.385. The molecule has 1 unspecified atom stereocenters. The lowest BCUT2D eigenvalue weighted by Gasteiger charge is -2.30. The predicted molar refractivity (Wildman–Crippen MR) is 110 cm³/mol. The van der Waals surface area contributed by atoms with Crippen LogP contribution >= 0.6 is 40.1 Å². The zero-order valence-electron chi connectivity index (χ0n) is 13.5. The third-order valence-corrected chi connectivity index (χ3v) is 5.12. The monoisotopic (exact) mass is 440 g/mol. The van der Waals surface area contributed by atoms with Crippen LogP contribution in [-0.2, 0) is 5.54 Å². The van der Waals surface area contributed by atoms with Gasteiger partial charge in [0.1, 0.15) is 5.69 Å². The van der Waals surface area contributed by atoms with Crippen LogP contribution < -0.4 is 11.1 Å². The summed E-state index contributed by atoms with van der Waals surface area (Å²) in [6, 6.07) is 11.1. The van der Waals surface area contributed by atoms with Crippen LogP contribution in [0.25, 0.3) is 0 Å². The lowest BCUT2D eigenvalue weighted by Crippen LogP contribution is -2.29. The molecule has 0 spiro atoms. The number of nitrogens with two attached hydrogens (primary N) is 1. The number of aromatic nitrogens is 1. The molecule has 1 aliphatic rings. The molecular weight excluding hydrogens is 424 g/mol. The maximum atomic E-state index is 12.3. The first kappa shape index (κ1) is 19.8. The molecule has 2 heterocycles.